The Morgan fingerprint density at radius 1 is 0.800 bits per heavy atom. The second-order valence-electron chi connectivity index (χ2n) is 6.24. The number of benzene rings is 3. The minimum atomic E-state index is 0.741. The molecule has 2 heteroatoms. The molecule has 0 unspecified atom stereocenters. The van der Waals surface area contributed by atoms with Gasteiger partial charge in [-0.3, -0.25) is 0 Å². The van der Waals surface area contributed by atoms with E-state index in [0.717, 1.165) is 37.4 Å². The molecule has 0 aliphatic carbocycles. The summed E-state index contributed by atoms with van der Waals surface area (Å²) in [4.78, 5) is 0. The topological polar surface area (TPSA) is 21.3 Å². The molecule has 3 rings (SSSR count). The number of anilines is 1. The van der Waals surface area contributed by atoms with Gasteiger partial charge in [-0.15, -0.1) is 0 Å². The first kappa shape index (κ1) is 17.1. The highest BCUT2D eigenvalue weighted by Gasteiger charge is 1.99. The van der Waals surface area contributed by atoms with Crippen LogP contribution in [0.25, 0.3) is 0 Å². The van der Waals surface area contributed by atoms with E-state index in [4.69, 9.17) is 4.74 Å². The molecule has 128 valence electrons. The minimum absolute atomic E-state index is 0.741. The van der Waals surface area contributed by atoms with Gasteiger partial charge in [0.05, 0.1) is 6.61 Å². The molecule has 0 spiro atoms. The molecule has 0 amide bonds. The van der Waals surface area contributed by atoms with Crippen LogP contribution in [0.3, 0.4) is 0 Å². The van der Waals surface area contributed by atoms with Gasteiger partial charge in [-0.25, -0.2) is 0 Å². The second kappa shape index (κ2) is 8.93. The smallest absolute Gasteiger partial charge is 0.119 e. The van der Waals surface area contributed by atoms with Gasteiger partial charge in [-0.1, -0.05) is 54.6 Å². The van der Waals surface area contributed by atoms with E-state index < -0.39 is 0 Å². The van der Waals surface area contributed by atoms with Gasteiger partial charge in [-0.2, -0.15) is 0 Å². The largest absolute Gasteiger partial charge is 0.494 e. The normalized spacial score (nSPS) is 10.4. The Morgan fingerprint density at radius 2 is 1.52 bits per heavy atom. The number of aryl methyl sites for hydroxylation is 2. The number of hydrogen-bond donors (Lipinski definition) is 1. The molecule has 3 aromatic carbocycles. The Morgan fingerprint density at radius 3 is 2.28 bits per heavy atom. The Hall–Kier alpha value is -2.74. The lowest BCUT2D eigenvalue weighted by atomic mass is 10.1. The lowest BCUT2D eigenvalue weighted by molar-refractivity contribution is 0.311. The Bertz CT molecular complexity index is 766. The maximum Gasteiger partial charge on any atom is 0.119 e. The molecule has 0 aliphatic rings. The van der Waals surface area contributed by atoms with E-state index in [2.05, 4.69) is 79.0 Å². The average molecular weight is 331 g/mol. The van der Waals surface area contributed by atoms with Crippen molar-refractivity contribution in [1.29, 1.82) is 0 Å². The SMILES string of the molecule is Cc1ccccc1CNc1ccc(OCCCc2ccccc2)cc1. The van der Waals surface area contributed by atoms with Crippen molar-refractivity contribution < 1.29 is 4.74 Å². The predicted octanol–water partition coefficient (Wildman–Crippen LogP) is 5.62. The third-order valence-electron chi connectivity index (χ3n) is 4.32. The fourth-order valence-corrected chi connectivity index (χ4v) is 2.79. The molecule has 0 radical (unpaired) electrons. The van der Waals surface area contributed by atoms with Crippen LogP contribution in [0.4, 0.5) is 5.69 Å². The Labute approximate surface area is 150 Å². The number of hydrogen-bond acceptors (Lipinski definition) is 2. The monoisotopic (exact) mass is 331 g/mol. The fraction of sp³-hybridized carbons (Fsp3) is 0.217. The van der Waals surface area contributed by atoms with Crippen LogP contribution >= 0.6 is 0 Å². The molecular formula is C23H25NO. The zero-order valence-corrected chi connectivity index (χ0v) is 14.7. The molecule has 0 heterocycles. The third-order valence-corrected chi connectivity index (χ3v) is 4.32. The van der Waals surface area contributed by atoms with Crippen LogP contribution in [-0.2, 0) is 13.0 Å². The summed E-state index contributed by atoms with van der Waals surface area (Å²) in [5.74, 6) is 0.925. The number of rotatable bonds is 8. The van der Waals surface area contributed by atoms with Crippen molar-refractivity contribution >= 4 is 5.69 Å². The lowest BCUT2D eigenvalue weighted by Crippen LogP contribution is -2.02. The minimum Gasteiger partial charge on any atom is -0.494 e. The molecule has 0 aliphatic heterocycles. The molecule has 0 bridgehead atoms. The third kappa shape index (κ3) is 5.39. The van der Waals surface area contributed by atoms with E-state index >= 15 is 0 Å². The van der Waals surface area contributed by atoms with Crippen LogP contribution in [0.5, 0.6) is 5.75 Å². The van der Waals surface area contributed by atoms with Gasteiger partial charge in [-0.05, 0) is 60.7 Å². The van der Waals surface area contributed by atoms with E-state index in [-0.39, 0.29) is 0 Å². The summed E-state index contributed by atoms with van der Waals surface area (Å²) in [5, 5.41) is 3.46. The summed E-state index contributed by atoms with van der Waals surface area (Å²) >= 11 is 0. The molecule has 3 aromatic rings. The maximum atomic E-state index is 5.84. The van der Waals surface area contributed by atoms with Crippen molar-refractivity contribution in [3.05, 3.63) is 95.6 Å². The summed E-state index contributed by atoms with van der Waals surface area (Å²) < 4.78 is 5.84. The predicted molar refractivity (Wildman–Crippen MR) is 105 cm³/mol. The van der Waals surface area contributed by atoms with Crippen molar-refractivity contribution in [2.75, 3.05) is 11.9 Å². The van der Waals surface area contributed by atoms with Crippen LogP contribution in [0, 0.1) is 6.92 Å². The van der Waals surface area contributed by atoms with Crippen LogP contribution in [0.15, 0.2) is 78.9 Å². The summed E-state index contributed by atoms with van der Waals surface area (Å²) in [5.41, 5.74) is 5.11. The van der Waals surface area contributed by atoms with Gasteiger partial charge < -0.3 is 10.1 Å². The molecule has 0 saturated carbocycles. The van der Waals surface area contributed by atoms with Gasteiger partial charge in [0.2, 0.25) is 0 Å². The molecule has 0 aromatic heterocycles. The second-order valence-corrected chi connectivity index (χ2v) is 6.24. The van der Waals surface area contributed by atoms with Crippen molar-refractivity contribution in [2.24, 2.45) is 0 Å². The zero-order valence-electron chi connectivity index (χ0n) is 14.7. The number of ether oxygens (including phenoxy) is 1. The molecular weight excluding hydrogens is 306 g/mol. The van der Waals surface area contributed by atoms with Crippen LogP contribution in [-0.4, -0.2) is 6.61 Å². The average Bonchev–Trinajstić information content (AvgIpc) is 2.66. The van der Waals surface area contributed by atoms with E-state index in [0.29, 0.717) is 0 Å². The van der Waals surface area contributed by atoms with E-state index in [1.54, 1.807) is 0 Å². The van der Waals surface area contributed by atoms with Gasteiger partial charge >= 0.3 is 0 Å². The van der Waals surface area contributed by atoms with E-state index in [1.165, 1.54) is 16.7 Å². The lowest BCUT2D eigenvalue weighted by Gasteiger charge is -2.10. The zero-order chi connectivity index (χ0) is 17.3. The summed E-state index contributed by atoms with van der Waals surface area (Å²) in [6.45, 7) is 3.72. The van der Waals surface area contributed by atoms with Crippen molar-refractivity contribution in [1.82, 2.24) is 0 Å². The molecule has 0 fully saturated rings. The van der Waals surface area contributed by atoms with Gasteiger partial charge in [0.25, 0.3) is 0 Å². The van der Waals surface area contributed by atoms with Crippen molar-refractivity contribution in [2.45, 2.75) is 26.3 Å². The highest BCUT2D eigenvalue weighted by Crippen LogP contribution is 2.17. The van der Waals surface area contributed by atoms with Gasteiger partial charge in [0.15, 0.2) is 0 Å². The number of nitrogens with one attached hydrogen (secondary N) is 1. The molecule has 25 heavy (non-hydrogen) atoms. The highest BCUT2D eigenvalue weighted by atomic mass is 16.5. The molecule has 0 atom stereocenters. The van der Waals surface area contributed by atoms with E-state index in [9.17, 15) is 0 Å². The maximum absolute atomic E-state index is 5.84. The summed E-state index contributed by atoms with van der Waals surface area (Å²) in [6.07, 6.45) is 2.08. The van der Waals surface area contributed by atoms with Crippen molar-refractivity contribution in [3.63, 3.8) is 0 Å². The van der Waals surface area contributed by atoms with Gasteiger partial charge in [0, 0.05) is 12.2 Å². The standard InChI is InChI=1S/C23H25NO/c1-19-8-5-6-12-21(19)18-24-22-13-15-23(16-14-22)25-17-7-11-20-9-3-2-4-10-20/h2-6,8-10,12-16,24H,7,11,17-18H2,1H3. The molecule has 0 saturated heterocycles. The van der Waals surface area contributed by atoms with Crippen LogP contribution in [0.1, 0.15) is 23.1 Å². The van der Waals surface area contributed by atoms with Crippen LogP contribution < -0.4 is 10.1 Å². The fourth-order valence-electron chi connectivity index (χ4n) is 2.79. The molecule has 2 nitrogen and oxygen atoms in total. The van der Waals surface area contributed by atoms with E-state index in [1.807, 2.05) is 12.1 Å². The highest BCUT2D eigenvalue weighted by molar-refractivity contribution is 5.47. The first-order valence-corrected chi connectivity index (χ1v) is 8.86. The van der Waals surface area contributed by atoms with Crippen molar-refractivity contribution in [3.8, 4) is 5.75 Å². The van der Waals surface area contributed by atoms with Crippen LogP contribution in [0.2, 0.25) is 0 Å². The quantitative estimate of drug-likeness (QED) is 0.541. The summed E-state index contributed by atoms with van der Waals surface area (Å²) in [6, 6.07) is 27.2. The first-order valence-electron chi connectivity index (χ1n) is 8.86. The first-order chi connectivity index (χ1) is 12.3. The van der Waals surface area contributed by atoms with Gasteiger partial charge in [0.1, 0.15) is 5.75 Å². The molecule has 1 N–H and O–H groups in total. The summed E-state index contributed by atoms with van der Waals surface area (Å²) in [7, 11) is 0. The Kier molecular flexibility index (Phi) is 6.11. The Balaban J connectivity index is 1.42.